The molecule has 0 radical (unpaired) electrons. The Morgan fingerprint density at radius 2 is 1.70 bits per heavy atom. The lowest BCUT2D eigenvalue weighted by Gasteiger charge is -2.14. The zero-order valence-electron chi connectivity index (χ0n) is 11.9. The van der Waals surface area contributed by atoms with Gasteiger partial charge in [0.05, 0.1) is 13.7 Å². The van der Waals surface area contributed by atoms with E-state index in [0.717, 1.165) is 17.5 Å². The van der Waals surface area contributed by atoms with E-state index in [1.807, 2.05) is 18.2 Å². The summed E-state index contributed by atoms with van der Waals surface area (Å²) in [5.41, 5.74) is 3.13. The van der Waals surface area contributed by atoms with E-state index in [1.54, 1.807) is 7.11 Å². The van der Waals surface area contributed by atoms with Crippen LogP contribution in [0.15, 0.2) is 42.5 Å². The van der Waals surface area contributed by atoms with Crippen molar-refractivity contribution in [1.82, 2.24) is 0 Å². The normalized spacial score (nSPS) is 10.3. The third kappa shape index (κ3) is 3.31. The zero-order valence-corrected chi connectivity index (χ0v) is 11.9. The summed E-state index contributed by atoms with van der Waals surface area (Å²) in [5, 5.41) is 9.37. The van der Waals surface area contributed by atoms with Gasteiger partial charge >= 0.3 is 0 Å². The summed E-state index contributed by atoms with van der Waals surface area (Å²) in [4.78, 5) is 0. The van der Waals surface area contributed by atoms with Crippen LogP contribution in [0.2, 0.25) is 0 Å². The Morgan fingerprint density at radius 1 is 1.00 bits per heavy atom. The molecule has 1 N–H and O–H groups in total. The van der Waals surface area contributed by atoms with Crippen LogP contribution in [0.3, 0.4) is 0 Å². The van der Waals surface area contributed by atoms with Gasteiger partial charge in [0, 0.05) is 5.56 Å². The molecule has 2 aromatic carbocycles. The predicted octanol–water partition coefficient (Wildman–Crippen LogP) is 3.33. The van der Waals surface area contributed by atoms with Gasteiger partial charge in [-0.1, -0.05) is 43.3 Å². The van der Waals surface area contributed by atoms with E-state index in [1.165, 1.54) is 5.56 Å². The topological polar surface area (TPSA) is 38.7 Å². The van der Waals surface area contributed by atoms with Gasteiger partial charge in [-0.25, -0.2) is 0 Å². The van der Waals surface area contributed by atoms with Crippen LogP contribution in [0.1, 0.15) is 23.6 Å². The van der Waals surface area contributed by atoms with E-state index in [4.69, 9.17) is 9.47 Å². The van der Waals surface area contributed by atoms with Crippen LogP contribution < -0.4 is 9.47 Å². The van der Waals surface area contributed by atoms with E-state index in [-0.39, 0.29) is 6.61 Å². The smallest absolute Gasteiger partial charge is 0.167 e. The summed E-state index contributed by atoms with van der Waals surface area (Å²) in [7, 11) is 1.60. The standard InChI is InChI=1S/C17H20O3/c1-3-13-7-9-14(10-8-13)12-20-17-15(11-18)5-4-6-16(17)19-2/h4-10,18H,3,11-12H2,1-2H3. The van der Waals surface area contributed by atoms with Crippen molar-refractivity contribution in [3.63, 3.8) is 0 Å². The minimum absolute atomic E-state index is 0.0681. The average molecular weight is 272 g/mol. The average Bonchev–Trinajstić information content (AvgIpc) is 2.52. The first-order valence-corrected chi connectivity index (χ1v) is 6.75. The van der Waals surface area contributed by atoms with Gasteiger partial charge < -0.3 is 14.6 Å². The van der Waals surface area contributed by atoms with Gasteiger partial charge in [0.2, 0.25) is 0 Å². The minimum atomic E-state index is -0.0681. The largest absolute Gasteiger partial charge is 0.493 e. The van der Waals surface area contributed by atoms with Crippen molar-refractivity contribution in [2.45, 2.75) is 26.6 Å². The molecule has 3 nitrogen and oxygen atoms in total. The second-order valence-electron chi connectivity index (χ2n) is 4.57. The number of para-hydroxylation sites is 1. The van der Waals surface area contributed by atoms with Crippen LogP contribution in [-0.2, 0) is 19.6 Å². The molecule has 2 rings (SSSR count). The summed E-state index contributed by atoms with van der Waals surface area (Å²) in [6.07, 6.45) is 1.03. The molecule has 0 bridgehead atoms. The quantitative estimate of drug-likeness (QED) is 0.876. The molecule has 3 heteroatoms. The van der Waals surface area contributed by atoms with E-state index >= 15 is 0 Å². The Balaban J connectivity index is 2.13. The highest BCUT2D eigenvalue weighted by molar-refractivity contribution is 5.46. The molecule has 0 aromatic heterocycles. The zero-order chi connectivity index (χ0) is 14.4. The Hall–Kier alpha value is -2.00. The summed E-state index contributed by atoms with van der Waals surface area (Å²) < 4.78 is 11.1. The van der Waals surface area contributed by atoms with Crippen molar-refractivity contribution < 1.29 is 14.6 Å². The van der Waals surface area contributed by atoms with Crippen molar-refractivity contribution in [3.05, 3.63) is 59.2 Å². The van der Waals surface area contributed by atoms with E-state index in [0.29, 0.717) is 18.1 Å². The number of hydrogen-bond acceptors (Lipinski definition) is 3. The van der Waals surface area contributed by atoms with Crippen molar-refractivity contribution >= 4 is 0 Å². The molecule has 0 saturated carbocycles. The molecule has 0 amide bonds. The van der Waals surface area contributed by atoms with Crippen LogP contribution in [0, 0.1) is 0 Å². The Kier molecular flexibility index (Phi) is 5.02. The van der Waals surface area contributed by atoms with Gasteiger partial charge in [0.1, 0.15) is 6.61 Å². The van der Waals surface area contributed by atoms with Gasteiger partial charge in [0.15, 0.2) is 11.5 Å². The second kappa shape index (κ2) is 6.96. The predicted molar refractivity (Wildman–Crippen MR) is 79.1 cm³/mol. The summed E-state index contributed by atoms with van der Waals surface area (Å²) >= 11 is 0. The van der Waals surface area contributed by atoms with E-state index < -0.39 is 0 Å². The number of methoxy groups -OCH3 is 1. The number of benzene rings is 2. The van der Waals surface area contributed by atoms with Gasteiger partial charge in [-0.05, 0) is 23.6 Å². The first-order valence-electron chi connectivity index (χ1n) is 6.75. The molecule has 106 valence electrons. The number of hydrogen-bond donors (Lipinski definition) is 1. The van der Waals surface area contributed by atoms with Crippen molar-refractivity contribution in [1.29, 1.82) is 0 Å². The molecule has 0 spiro atoms. The van der Waals surface area contributed by atoms with Gasteiger partial charge in [-0.3, -0.25) is 0 Å². The van der Waals surface area contributed by atoms with Crippen LogP contribution in [0.25, 0.3) is 0 Å². The lowest BCUT2D eigenvalue weighted by atomic mass is 10.1. The van der Waals surface area contributed by atoms with Crippen molar-refractivity contribution in [2.24, 2.45) is 0 Å². The molecule has 0 unspecified atom stereocenters. The maximum Gasteiger partial charge on any atom is 0.167 e. The van der Waals surface area contributed by atoms with Gasteiger partial charge in [0.25, 0.3) is 0 Å². The maximum absolute atomic E-state index is 9.37. The molecule has 0 heterocycles. The number of rotatable bonds is 6. The lowest BCUT2D eigenvalue weighted by molar-refractivity contribution is 0.250. The number of ether oxygens (including phenoxy) is 2. The highest BCUT2D eigenvalue weighted by Crippen LogP contribution is 2.31. The van der Waals surface area contributed by atoms with Crippen LogP contribution in [0.4, 0.5) is 0 Å². The molecule has 0 aliphatic carbocycles. The Morgan fingerprint density at radius 3 is 2.30 bits per heavy atom. The van der Waals surface area contributed by atoms with Gasteiger partial charge in [-0.15, -0.1) is 0 Å². The molecule has 0 aliphatic heterocycles. The maximum atomic E-state index is 9.37. The van der Waals surface area contributed by atoms with E-state index in [2.05, 4.69) is 31.2 Å². The molecule has 2 aromatic rings. The lowest BCUT2D eigenvalue weighted by Crippen LogP contribution is -2.01. The van der Waals surface area contributed by atoms with Crippen LogP contribution in [0.5, 0.6) is 11.5 Å². The minimum Gasteiger partial charge on any atom is -0.493 e. The number of aliphatic hydroxyl groups excluding tert-OH is 1. The van der Waals surface area contributed by atoms with E-state index in [9.17, 15) is 5.11 Å². The molecular weight excluding hydrogens is 252 g/mol. The molecule has 0 atom stereocenters. The third-order valence-corrected chi connectivity index (χ3v) is 3.27. The molecular formula is C17H20O3. The van der Waals surface area contributed by atoms with Crippen LogP contribution >= 0.6 is 0 Å². The fourth-order valence-electron chi connectivity index (χ4n) is 2.04. The molecule has 0 aliphatic rings. The molecule has 0 fully saturated rings. The van der Waals surface area contributed by atoms with Crippen molar-refractivity contribution in [3.8, 4) is 11.5 Å². The Labute approximate surface area is 119 Å². The Bertz CT molecular complexity index is 524. The SMILES string of the molecule is CCc1ccc(COc2c(CO)cccc2OC)cc1. The first kappa shape index (κ1) is 14.4. The van der Waals surface area contributed by atoms with Crippen LogP contribution in [-0.4, -0.2) is 12.2 Å². The summed E-state index contributed by atoms with van der Waals surface area (Å²) in [6, 6.07) is 13.8. The third-order valence-electron chi connectivity index (χ3n) is 3.27. The monoisotopic (exact) mass is 272 g/mol. The first-order chi connectivity index (χ1) is 9.78. The second-order valence-corrected chi connectivity index (χ2v) is 4.57. The highest BCUT2D eigenvalue weighted by atomic mass is 16.5. The fourth-order valence-corrected chi connectivity index (χ4v) is 2.04. The highest BCUT2D eigenvalue weighted by Gasteiger charge is 2.10. The van der Waals surface area contributed by atoms with Crippen molar-refractivity contribution in [2.75, 3.05) is 7.11 Å². The summed E-state index contributed by atoms with van der Waals surface area (Å²) in [6.45, 7) is 2.52. The van der Waals surface area contributed by atoms with Gasteiger partial charge in [-0.2, -0.15) is 0 Å². The molecule has 0 saturated heterocycles. The summed E-state index contributed by atoms with van der Waals surface area (Å²) in [5.74, 6) is 1.25. The fraction of sp³-hybridized carbons (Fsp3) is 0.294. The number of aryl methyl sites for hydroxylation is 1. The molecule has 20 heavy (non-hydrogen) atoms. The number of aliphatic hydroxyl groups is 1.